The molecule has 1 heteroatoms. The lowest BCUT2D eigenvalue weighted by atomic mass is 9.68. The molecule has 2 rings (SSSR count). The second kappa shape index (κ2) is 3.84. The van der Waals surface area contributed by atoms with Gasteiger partial charge in [-0.25, -0.2) is 0 Å². The van der Waals surface area contributed by atoms with Gasteiger partial charge in [0.25, 0.3) is 0 Å². The van der Waals surface area contributed by atoms with E-state index in [0.29, 0.717) is 5.41 Å². The number of likely N-dealkylation sites (tertiary alicyclic amines) is 1. The highest BCUT2D eigenvalue weighted by Gasteiger charge is 2.36. The van der Waals surface area contributed by atoms with Gasteiger partial charge in [0.1, 0.15) is 0 Å². The molecular weight excluding hydrogens is 170 g/mol. The van der Waals surface area contributed by atoms with Gasteiger partial charge < -0.3 is 4.90 Å². The summed E-state index contributed by atoms with van der Waals surface area (Å²) in [6, 6.07) is 0.906. The minimum absolute atomic E-state index is 0.575. The van der Waals surface area contributed by atoms with Crippen molar-refractivity contribution in [3.63, 3.8) is 0 Å². The molecule has 1 nitrogen and oxygen atoms in total. The van der Waals surface area contributed by atoms with Crippen LogP contribution < -0.4 is 0 Å². The average molecular weight is 195 g/mol. The maximum Gasteiger partial charge on any atom is 0.0100 e. The van der Waals surface area contributed by atoms with Gasteiger partial charge in [0, 0.05) is 6.04 Å². The molecule has 2 atom stereocenters. The van der Waals surface area contributed by atoms with E-state index in [1.165, 1.54) is 45.2 Å². The summed E-state index contributed by atoms with van der Waals surface area (Å²) in [5.74, 6) is 0.918. The van der Waals surface area contributed by atoms with Crippen molar-refractivity contribution in [1.82, 2.24) is 4.90 Å². The van der Waals surface area contributed by atoms with Crippen molar-refractivity contribution in [2.75, 3.05) is 13.1 Å². The largest absolute Gasteiger partial charge is 0.300 e. The highest BCUT2D eigenvalue weighted by molar-refractivity contribution is 4.89. The molecule has 0 bridgehead atoms. The molecule has 1 aliphatic carbocycles. The fraction of sp³-hybridized carbons (Fsp3) is 1.00. The molecule has 0 aromatic carbocycles. The number of hydrogen-bond donors (Lipinski definition) is 0. The van der Waals surface area contributed by atoms with E-state index < -0.39 is 0 Å². The summed E-state index contributed by atoms with van der Waals surface area (Å²) in [6.07, 6.45) is 7.19. The Morgan fingerprint density at radius 3 is 2.29 bits per heavy atom. The Bertz CT molecular complexity index is 191. The molecule has 0 N–H and O–H groups in total. The van der Waals surface area contributed by atoms with Crippen molar-refractivity contribution in [3.8, 4) is 0 Å². The molecule has 0 radical (unpaired) electrons. The zero-order valence-electron chi connectivity index (χ0n) is 10.1. The summed E-state index contributed by atoms with van der Waals surface area (Å²) < 4.78 is 0. The summed E-state index contributed by atoms with van der Waals surface area (Å²) in [7, 11) is 0. The zero-order valence-corrected chi connectivity index (χ0v) is 10.1. The van der Waals surface area contributed by atoms with Gasteiger partial charge in [0.05, 0.1) is 0 Å². The second-order valence-corrected chi connectivity index (χ2v) is 6.07. The lowest BCUT2D eigenvalue weighted by Crippen LogP contribution is -2.42. The maximum absolute atomic E-state index is 2.74. The smallest absolute Gasteiger partial charge is 0.0100 e. The molecule has 1 aliphatic heterocycles. The lowest BCUT2D eigenvalue weighted by molar-refractivity contribution is 0.0677. The molecule has 1 heterocycles. The molecule has 0 aromatic rings. The Labute approximate surface area is 88.9 Å². The van der Waals surface area contributed by atoms with Gasteiger partial charge >= 0.3 is 0 Å². The first-order valence-electron chi connectivity index (χ1n) is 6.33. The molecule has 1 saturated carbocycles. The fourth-order valence-corrected chi connectivity index (χ4v) is 3.16. The molecule has 2 fully saturated rings. The SMILES string of the molecule is C[C@H]1CC[C@@H](N2CCCC2)CC1(C)C. The summed E-state index contributed by atoms with van der Waals surface area (Å²) >= 11 is 0. The predicted octanol–water partition coefficient (Wildman–Crippen LogP) is 3.30. The van der Waals surface area contributed by atoms with E-state index in [0.717, 1.165) is 12.0 Å². The lowest BCUT2D eigenvalue weighted by Gasteiger charge is -2.44. The minimum atomic E-state index is 0.575. The highest BCUT2D eigenvalue weighted by Crippen LogP contribution is 2.42. The summed E-state index contributed by atoms with van der Waals surface area (Å²) in [6.45, 7) is 10.1. The van der Waals surface area contributed by atoms with Crippen molar-refractivity contribution in [1.29, 1.82) is 0 Å². The van der Waals surface area contributed by atoms with Crippen LogP contribution in [0, 0.1) is 11.3 Å². The van der Waals surface area contributed by atoms with E-state index in [2.05, 4.69) is 25.7 Å². The highest BCUT2D eigenvalue weighted by atomic mass is 15.2. The van der Waals surface area contributed by atoms with Crippen LogP contribution in [0.1, 0.15) is 52.9 Å². The van der Waals surface area contributed by atoms with Gasteiger partial charge in [-0.05, 0) is 56.5 Å². The first-order valence-corrected chi connectivity index (χ1v) is 6.33. The number of rotatable bonds is 1. The van der Waals surface area contributed by atoms with Crippen LogP contribution in [0.3, 0.4) is 0 Å². The van der Waals surface area contributed by atoms with Crippen LogP contribution in [0.15, 0.2) is 0 Å². The van der Waals surface area contributed by atoms with Gasteiger partial charge in [-0.2, -0.15) is 0 Å². The van der Waals surface area contributed by atoms with E-state index in [-0.39, 0.29) is 0 Å². The van der Waals surface area contributed by atoms with Crippen molar-refractivity contribution in [2.45, 2.75) is 58.9 Å². The normalized spacial score (nSPS) is 38.8. The number of nitrogens with zero attached hydrogens (tertiary/aromatic N) is 1. The van der Waals surface area contributed by atoms with Gasteiger partial charge in [-0.15, -0.1) is 0 Å². The Kier molecular flexibility index (Phi) is 2.88. The molecule has 0 unspecified atom stereocenters. The number of hydrogen-bond acceptors (Lipinski definition) is 1. The third-order valence-corrected chi connectivity index (χ3v) is 4.69. The van der Waals surface area contributed by atoms with Gasteiger partial charge in [0.2, 0.25) is 0 Å². The fourth-order valence-electron chi connectivity index (χ4n) is 3.16. The van der Waals surface area contributed by atoms with E-state index in [1.807, 2.05) is 0 Å². The van der Waals surface area contributed by atoms with Crippen molar-refractivity contribution in [2.24, 2.45) is 11.3 Å². The van der Waals surface area contributed by atoms with Crippen LogP contribution in [-0.2, 0) is 0 Å². The van der Waals surface area contributed by atoms with Crippen LogP contribution in [0.5, 0.6) is 0 Å². The van der Waals surface area contributed by atoms with E-state index in [1.54, 1.807) is 0 Å². The van der Waals surface area contributed by atoms with E-state index in [4.69, 9.17) is 0 Å². The van der Waals surface area contributed by atoms with E-state index >= 15 is 0 Å². The van der Waals surface area contributed by atoms with Crippen molar-refractivity contribution >= 4 is 0 Å². The average Bonchev–Trinajstić information content (AvgIpc) is 2.62. The first kappa shape index (κ1) is 10.5. The van der Waals surface area contributed by atoms with Crippen LogP contribution in [0.25, 0.3) is 0 Å². The van der Waals surface area contributed by atoms with Crippen LogP contribution in [0.4, 0.5) is 0 Å². The molecule has 82 valence electrons. The van der Waals surface area contributed by atoms with Gasteiger partial charge in [0.15, 0.2) is 0 Å². The standard InChI is InChI=1S/C13H25N/c1-11-6-7-12(10-13(11,2)3)14-8-4-5-9-14/h11-12H,4-10H2,1-3H3/t11-,12+/m0/s1. The maximum atomic E-state index is 2.74. The van der Waals surface area contributed by atoms with Crippen LogP contribution in [0.2, 0.25) is 0 Å². The Balaban J connectivity index is 1.95. The molecule has 0 aromatic heterocycles. The monoisotopic (exact) mass is 195 g/mol. The summed E-state index contributed by atoms with van der Waals surface area (Å²) in [5.41, 5.74) is 0.575. The molecule has 0 amide bonds. The predicted molar refractivity (Wildman–Crippen MR) is 61.4 cm³/mol. The zero-order chi connectivity index (χ0) is 10.2. The first-order chi connectivity index (χ1) is 6.59. The minimum Gasteiger partial charge on any atom is -0.300 e. The molecular formula is C13H25N. The third-order valence-electron chi connectivity index (χ3n) is 4.69. The van der Waals surface area contributed by atoms with Crippen molar-refractivity contribution < 1.29 is 0 Å². The molecule has 2 aliphatic rings. The molecule has 1 saturated heterocycles. The third kappa shape index (κ3) is 1.98. The van der Waals surface area contributed by atoms with Crippen LogP contribution >= 0.6 is 0 Å². The quantitative estimate of drug-likeness (QED) is 0.620. The molecule has 14 heavy (non-hydrogen) atoms. The summed E-state index contributed by atoms with van der Waals surface area (Å²) in [4.78, 5) is 2.74. The van der Waals surface area contributed by atoms with Gasteiger partial charge in [-0.1, -0.05) is 20.8 Å². The van der Waals surface area contributed by atoms with Crippen LogP contribution in [-0.4, -0.2) is 24.0 Å². The Morgan fingerprint density at radius 2 is 1.71 bits per heavy atom. The second-order valence-electron chi connectivity index (χ2n) is 6.07. The Hall–Kier alpha value is -0.0400. The van der Waals surface area contributed by atoms with Gasteiger partial charge in [-0.3, -0.25) is 0 Å². The Morgan fingerprint density at radius 1 is 1.07 bits per heavy atom. The van der Waals surface area contributed by atoms with E-state index in [9.17, 15) is 0 Å². The molecule has 0 spiro atoms. The summed E-state index contributed by atoms with van der Waals surface area (Å²) in [5, 5.41) is 0. The van der Waals surface area contributed by atoms with Crippen molar-refractivity contribution in [3.05, 3.63) is 0 Å². The topological polar surface area (TPSA) is 3.24 Å².